The van der Waals surface area contributed by atoms with Gasteiger partial charge in [-0.15, -0.1) is 0 Å². The van der Waals surface area contributed by atoms with Crippen LogP contribution in [-0.2, 0) is 9.53 Å². The number of hydrogen-bond acceptors (Lipinski definition) is 3. The van der Waals surface area contributed by atoms with Gasteiger partial charge in [0, 0.05) is 10.6 Å². The molecule has 1 atom stereocenters. The van der Waals surface area contributed by atoms with Crippen molar-refractivity contribution in [3.8, 4) is 5.75 Å². The first-order valence-corrected chi connectivity index (χ1v) is 6.54. The molecule has 0 bridgehead atoms. The zero-order valence-corrected chi connectivity index (χ0v) is 12.0. The van der Waals surface area contributed by atoms with Gasteiger partial charge in [0.05, 0.1) is 12.2 Å². The number of halogens is 4. The highest BCUT2D eigenvalue weighted by atomic mass is 35.5. The number of benzene rings is 1. The molecule has 0 fully saturated rings. The number of fused-ring (bicyclic) bond motifs is 1. The van der Waals surface area contributed by atoms with Crippen LogP contribution in [0.25, 0.3) is 6.08 Å². The first-order valence-electron chi connectivity index (χ1n) is 6.16. The van der Waals surface area contributed by atoms with Crippen molar-refractivity contribution in [3.05, 3.63) is 33.9 Å². The minimum atomic E-state index is -4.72. The summed E-state index contributed by atoms with van der Waals surface area (Å²) in [6, 6.07) is 2.87. The van der Waals surface area contributed by atoms with Gasteiger partial charge >= 0.3 is 12.1 Å². The third kappa shape index (κ3) is 3.15. The molecule has 1 aromatic rings. The molecule has 3 nitrogen and oxygen atoms in total. The number of alkyl halides is 3. The van der Waals surface area contributed by atoms with Gasteiger partial charge in [0.1, 0.15) is 5.75 Å². The second-order valence-electron chi connectivity index (χ2n) is 4.50. The van der Waals surface area contributed by atoms with Crippen LogP contribution in [0.1, 0.15) is 18.1 Å². The van der Waals surface area contributed by atoms with Crippen molar-refractivity contribution in [2.75, 3.05) is 6.61 Å². The molecular formula is C14H12ClF3O3. The fourth-order valence-corrected chi connectivity index (χ4v) is 2.11. The highest BCUT2D eigenvalue weighted by Crippen LogP contribution is 2.39. The lowest BCUT2D eigenvalue weighted by Crippen LogP contribution is -2.40. The molecule has 1 unspecified atom stereocenters. The smallest absolute Gasteiger partial charge is 0.430 e. The number of ether oxygens (including phenoxy) is 2. The summed E-state index contributed by atoms with van der Waals surface area (Å²) in [4.78, 5) is 11.7. The van der Waals surface area contributed by atoms with E-state index in [-0.39, 0.29) is 12.4 Å². The predicted molar refractivity (Wildman–Crippen MR) is 71.3 cm³/mol. The van der Waals surface area contributed by atoms with Crippen LogP contribution in [0, 0.1) is 6.92 Å². The molecule has 1 aliphatic heterocycles. The van der Waals surface area contributed by atoms with Crippen LogP contribution in [-0.4, -0.2) is 24.9 Å². The summed E-state index contributed by atoms with van der Waals surface area (Å²) < 4.78 is 48.8. The second kappa shape index (κ2) is 5.60. The Kier molecular flexibility index (Phi) is 4.18. The van der Waals surface area contributed by atoms with E-state index in [0.29, 0.717) is 16.1 Å². The van der Waals surface area contributed by atoms with Gasteiger partial charge in [0.25, 0.3) is 0 Å². The van der Waals surface area contributed by atoms with Crippen LogP contribution in [0.3, 0.4) is 0 Å². The van der Waals surface area contributed by atoms with E-state index in [2.05, 4.69) is 4.74 Å². The summed E-state index contributed by atoms with van der Waals surface area (Å²) in [6.45, 7) is 3.14. The SMILES string of the molecule is CCOC(=O)C1=Cc2cc(Cl)c(C)cc2OC1C(F)(F)F. The fraction of sp³-hybridized carbons (Fsp3) is 0.357. The summed E-state index contributed by atoms with van der Waals surface area (Å²) in [7, 11) is 0. The molecule has 114 valence electrons. The van der Waals surface area contributed by atoms with Crippen molar-refractivity contribution in [1.29, 1.82) is 0 Å². The Morgan fingerprint density at radius 3 is 2.67 bits per heavy atom. The van der Waals surface area contributed by atoms with Crippen LogP contribution >= 0.6 is 11.6 Å². The van der Waals surface area contributed by atoms with E-state index in [9.17, 15) is 18.0 Å². The second-order valence-corrected chi connectivity index (χ2v) is 4.91. The minimum Gasteiger partial charge on any atom is -0.475 e. The predicted octanol–water partition coefficient (Wildman–Crippen LogP) is 3.92. The zero-order chi connectivity index (χ0) is 15.8. The normalized spacial score (nSPS) is 17.6. The molecule has 1 aromatic carbocycles. The van der Waals surface area contributed by atoms with E-state index in [1.54, 1.807) is 6.92 Å². The van der Waals surface area contributed by atoms with E-state index in [1.165, 1.54) is 19.1 Å². The molecule has 2 rings (SSSR count). The van der Waals surface area contributed by atoms with Gasteiger partial charge in [-0.05, 0) is 37.6 Å². The Bertz CT molecular complexity index is 608. The first-order chi connectivity index (χ1) is 9.74. The highest BCUT2D eigenvalue weighted by Gasteiger charge is 2.48. The Hall–Kier alpha value is -1.69. The average Bonchev–Trinajstić information content (AvgIpc) is 2.38. The van der Waals surface area contributed by atoms with E-state index < -0.39 is 23.8 Å². The van der Waals surface area contributed by atoms with Gasteiger partial charge in [-0.3, -0.25) is 0 Å². The molecule has 0 aliphatic carbocycles. The van der Waals surface area contributed by atoms with Crippen LogP contribution in [0.2, 0.25) is 5.02 Å². The van der Waals surface area contributed by atoms with Crippen LogP contribution in [0.15, 0.2) is 17.7 Å². The van der Waals surface area contributed by atoms with Crippen molar-refractivity contribution in [2.45, 2.75) is 26.1 Å². The fourth-order valence-electron chi connectivity index (χ4n) is 1.94. The van der Waals surface area contributed by atoms with Gasteiger partial charge in [0.2, 0.25) is 6.10 Å². The van der Waals surface area contributed by atoms with Crippen LogP contribution in [0.5, 0.6) is 5.75 Å². The Morgan fingerprint density at radius 1 is 1.43 bits per heavy atom. The number of carbonyl (C=O) groups is 1. The topological polar surface area (TPSA) is 35.5 Å². The zero-order valence-electron chi connectivity index (χ0n) is 11.3. The number of rotatable bonds is 2. The van der Waals surface area contributed by atoms with E-state index >= 15 is 0 Å². The van der Waals surface area contributed by atoms with Gasteiger partial charge in [0.15, 0.2) is 0 Å². The van der Waals surface area contributed by atoms with Gasteiger partial charge in [-0.2, -0.15) is 13.2 Å². The van der Waals surface area contributed by atoms with Crippen molar-refractivity contribution in [2.24, 2.45) is 0 Å². The molecule has 1 aliphatic rings. The van der Waals surface area contributed by atoms with Crippen molar-refractivity contribution in [1.82, 2.24) is 0 Å². The molecule has 1 heterocycles. The third-order valence-corrected chi connectivity index (χ3v) is 3.34. The number of hydrogen-bond donors (Lipinski definition) is 0. The summed E-state index contributed by atoms with van der Waals surface area (Å²) >= 11 is 5.94. The third-order valence-electron chi connectivity index (χ3n) is 2.94. The van der Waals surface area contributed by atoms with Crippen LogP contribution in [0.4, 0.5) is 13.2 Å². The van der Waals surface area contributed by atoms with Gasteiger partial charge < -0.3 is 9.47 Å². The quantitative estimate of drug-likeness (QED) is 0.775. The summed E-state index contributed by atoms with van der Waals surface area (Å²) in [5.74, 6) is -1.02. The van der Waals surface area contributed by atoms with Crippen molar-refractivity contribution < 1.29 is 27.4 Å². The van der Waals surface area contributed by atoms with Gasteiger partial charge in [-0.25, -0.2) is 4.79 Å². The molecule has 0 aromatic heterocycles. The highest BCUT2D eigenvalue weighted by molar-refractivity contribution is 6.31. The summed E-state index contributed by atoms with van der Waals surface area (Å²) in [5.41, 5.74) is 0.315. The van der Waals surface area contributed by atoms with E-state index in [4.69, 9.17) is 16.3 Å². The lowest BCUT2D eigenvalue weighted by atomic mass is 10.00. The molecule has 0 saturated carbocycles. The lowest BCUT2D eigenvalue weighted by Gasteiger charge is -2.28. The maximum absolute atomic E-state index is 13.1. The number of carbonyl (C=O) groups excluding carboxylic acids is 1. The molecular weight excluding hydrogens is 309 g/mol. The average molecular weight is 321 g/mol. The van der Waals surface area contributed by atoms with Crippen molar-refractivity contribution in [3.63, 3.8) is 0 Å². The maximum Gasteiger partial charge on any atom is 0.430 e. The first kappa shape index (κ1) is 15.7. The standard InChI is InChI=1S/C14H12ClF3O3/c1-3-20-13(19)9-5-8-6-10(15)7(2)4-11(8)21-12(9)14(16,17)18/h4-6,12H,3H2,1-2H3. The summed E-state index contributed by atoms with van der Waals surface area (Å²) in [6.07, 6.45) is -5.95. The maximum atomic E-state index is 13.1. The van der Waals surface area contributed by atoms with E-state index in [0.717, 1.165) is 6.08 Å². The molecule has 21 heavy (non-hydrogen) atoms. The molecule has 0 amide bonds. The Labute approximate surface area is 124 Å². The number of aryl methyl sites for hydroxylation is 1. The van der Waals surface area contributed by atoms with Crippen molar-refractivity contribution >= 4 is 23.6 Å². The van der Waals surface area contributed by atoms with E-state index in [1.807, 2.05) is 0 Å². The monoisotopic (exact) mass is 320 g/mol. The van der Waals surface area contributed by atoms with Gasteiger partial charge in [-0.1, -0.05) is 11.6 Å². The largest absolute Gasteiger partial charge is 0.475 e. The Balaban J connectivity index is 2.52. The summed E-state index contributed by atoms with van der Waals surface area (Å²) in [5, 5.41) is 0.377. The molecule has 0 spiro atoms. The number of esters is 1. The molecule has 0 radical (unpaired) electrons. The molecule has 0 saturated heterocycles. The van der Waals surface area contributed by atoms with Crippen LogP contribution < -0.4 is 4.74 Å². The lowest BCUT2D eigenvalue weighted by molar-refractivity contribution is -0.187. The minimum absolute atomic E-state index is 0.0255. The Morgan fingerprint density at radius 2 is 2.10 bits per heavy atom. The molecule has 0 N–H and O–H groups in total. The molecule has 7 heteroatoms.